The van der Waals surface area contributed by atoms with Crippen LogP contribution in [-0.2, 0) is 3.80 Å². The first-order valence-electron chi connectivity index (χ1n) is 0.236. The third kappa shape index (κ3) is 10.3. The second-order valence-corrected chi connectivity index (χ2v) is 0. The minimum atomic E-state index is 0. The van der Waals surface area contributed by atoms with E-state index in [1.54, 1.807) is 0 Å². The van der Waals surface area contributed by atoms with Crippen LogP contribution in [0.2, 0.25) is 0 Å². The van der Waals surface area contributed by atoms with Gasteiger partial charge in [-0.1, -0.05) is 0 Å². The van der Waals surface area contributed by atoms with Crippen LogP contribution in [0.4, 0.5) is 0 Å². The van der Waals surface area contributed by atoms with Crippen molar-refractivity contribution in [3.63, 3.8) is 0 Å². The van der Waals surface area contributed by atoms with Crippen molar-refractivity contribution in [2.45, 2.75) is 0 Å². The van der Waals surface area contributed by atoms with Crippen molar-refractivity contribution >= 4 is 43.5 Å². The molecule has 0 aliphatic rings. The summed E-state index contributed by atoms with van der Waals surface area (Å²) in [6.45, 7) is 0. The number of hydrogen-bond acceptors (Lipinski definition) is 1. The Morgan fingerprint density at radius 1 is 1.25 bits per heavy atom. The summed E-state index contributed by atoms with van der Waals surface area (Å²) >= 11 is 1.17. The molecule has 0 aliphatic carbocycles. The standard InChI is InChI=1S/2Al.O.H3P.3H/h;;;1H3;;;. The molecule has 1 radical (unpaired) electrons. The molecule has 23 valence electrons. The summed E-state index contributed by atoms with van der Waals surface area (Å²) < 4.78 is 8.17. The van der Waals surface area contributed by atoms with E-state index >= 15 is 0 Å². The normalized spacial score (nSPS) is 0.750. The quantitative estimate of drug-likeness (QED) is 0.268. The fourth-order valence-electron chi connectivity index (χ4n) is 0. The molecular formula is H6Al2OP. The summed E-state index contributed by atoms with van der Waals surface area (Å²) in [6.07, 6.45) is 0. The third-order valence-electron chi connectivity index (χ3n) is 0. The van der Waals surface area contributed by atoms with Crippen LogP contribution in [0.25, 0.3) is 0 Å². The Hall–Kier alpha value is 1.29. The van der Waals surface area contributed by atoms with Gasteiger partial charge in [0, 0.05) is 0 Å². The number of rotatable bonds is 0. The Morgan fingerprint density at radius 3 is 1.25 bits per heavy atom. The van der Waals surface area contributed by atoms with Crippen LogP contribution in [0.3, 0.4) is 0 Å². The van der Waals surface area contributed by atoms with Gasteiger partial charge in [0.05, 0.1) is 0 Å². The molecule has 0 bridgehead atoms. The maximum absolute atomic E-state index is 8.17. The first-order chi connectivity index (χ1) is 1.00. The van der Waals surface area contributed by atoms with Gasteiger partial charge in [0.2, 0.25) is 0 Å². The SMILES string of the molecule is P.[AlH3].[O]=[Al]. The second kappa shape index (κ2) is 27.8. The topological polar surface area (TPSA) is 17.1 Å². The van der Waals surface area contributed by atoms with Crippen molar-refractivity contribution in [1.82, 2.24) is 0 Å². The third-order valence-corrected chi connectivity index (χ3v) is 0. The van der Waals surface area contributed by atoms with E-state index in [4.69, 9.17) is 3.80 Å². The molecule has 0 aromatic carbocycles. The van der Waals surface area contributed by atoms with Crippen molar-refractivity contribution in [1.29, 1.82) is 0 Å². The zero-order valence-electron chi connectivity index (χ0n) is 1.69. The van der Waals surface area contributed by atoms with E-state index in [0.717, 1.165) is 0 Å². The van der Waals surface area contributed by atoms with Crippen LogP contribution in [0, 0.1) is 0 Å². The van der Waals surface area contributed by atoms with Crippen LogP contribution < -0.4 is 0 Å². The summed E-state index contributed by atoms with van der Waals surface area (Å²) in [4.78, 5) is 0. The van der Waals surface area contributed by atoms with Crippen molar-refractivity contribution < 1.29 is 3.80 Å². The molecule has 0 aromatic rings. The zero-order valence-corrected chi connectivity index (χ0v) is 4.26. The van der Waals surface area contributed by atoms with Gasteiger partial charge in [0.15, 0.2) is 17.4 Å². The van der Waals surface area contributed by atoms with Crippen molar-refractivity contribution in [3.05, 3.63) is 0 Å². The molecule has 0 N–H and O–H groups in total. The van der Waals surface area contributed by atoms with Gasteiger partial charge in [-0.15, -0.1) is 0 Å². The Kier molecular flexibility index (Phi) is 129. The van der Waals surface area contributed by atoms with Crippen LogP contribution in [0.15, 0.2) is 0 Å². The molecule has 1 nitrogen and oxygen atoms in total. The van der Waals surface area contributed by atoms with Gasteiger partial charge in [-0.2, -0.15) is 9.90 Å². The van der Waals surface area contributed by atoms with E-state index in [2.05, 4.69) is 0 Å². The van der Waals surface area contributed by atoms with Gasteiger partial charge < -0.3 is 0 Å². The summed E-state index contributed by atoms with van der Waals surface area (Å²) in [6, 6.07) is 0. The van der Waals surface area contributed by atoms with Gasteiger partial charge in [-0.3, -0.25) is 0 Å². The molecular weight excluding hydrogens is 101 g/mol. The Bertz CT molecular complexity index is 6.00. The van der Waals surface area contributed by atoms with E-state index < -0.39 is 0 Å². The molecule has 1 unspecified atom stereocenters. The molecule has 0 amide bonds. The first-order valence-corrected chi connectivity index (χ1v) is 0.707. The molecule has 0 aromatic heterocycles. The van der Waals surface area contributed by atoms with Crippen LogP contribution >= 0.6 is 9.90 Å². The van der Waals surface area contributed by atoms with E-state index in [1.165, 1.54) is 16.2 Å². The van der Waals surface area contributed by atoms with Crippen molar-refractivity contribution in [2.24, 2.45) is 0 Å². The molecule has 0 saturated heterocycles. The van der Waals surface area contributed by atoms with E-state index in [9.17, 15) is 0 Å². The molecule has 4 heteroatoms. The average molecular weight is 107 g/mol. The summed E-state index contributed by atoms with van der Waals surface area (Å²) in [5.74, 6) is 0. The average Bonchev–Trinajstić information content (AvgIpc) is 1.00. The van der Waals surface area contributed by atoms with E-state index in [1.807, 2.05) is 0 Å². The van der Waals surface area contributed by atoms with Gasteiger partial charge in [0.1, 0.15) is 0 Å². The van der Waals surface area contributed by atoms with Crippen LogP contribution in [0.5, 0.6) is 0 Å². The molecule has 0 spiro atoms. The van der Waals surface area contributed by atoms with Crippen LogP contribution in [0.1, 0.15) is 0 Å². The molecule has 1 atom stereocenters. The fraction of sp³-hybridized carbons (Fsp3) is 0. The van der Waals surface area contributed by atoms with Gasteiger partial charge in [-0.25, -0.2) is 0 Å². The predicted octanol–water partition coefficient (Wildman–Crippen LogP) is -1.63. The monoisotopic (exact) mass is 107 g/mol. The van der Waals surface area contributed by atoms with Gasteiger partial charge in [-0.05, 0) is 0 Å². The number of hydrogen-bond donors (Lipinski definition) is 0. The molecule has 4 heavy (non-hydrogen) atoms. The van der Waals surface area contributed by atoms with Gasteiger partial charge >= 0.3 is 20.0 Å². The molecule has 0 heterocycles. The van der Waals surface area contributed by atoms with E-state index in [-0.39, 0.29) is 27.3 Å². The Balaban J connectivity index is -0.00000000500. The van der Waals surface area contributed by atoms with E-state index in [0.29, 0.717) is 0 Å². The summed E-state index contributed by atoms with van der Waals surface area (Å²) in [5.41, 5.74) is 0. The summed E-state index contributed by atoms with van der Waals surface area (Å²) in [7, 11) is 0. The first kappa shape index (κ1) is 18.5. The molecule has 0 fully saturated rings. The second-order valence-electron chi connectivity index (χ2n) is 0. The van der Waals surface area contributed by atoms with Crippen molar-refractivity contribution in [3.8, 4) is 0 Å². The van der Waals surface area contributed by atoms with Crippen molar-refractivity contribution in [2.75, 3.05) is 0 Å². The molecule has 0 rings (SSSR count). The fourth-order valence-corrected chi connectivity index (χ4v) is 0. The van der Waals surface area contributed by atoms with Gasteiger partial charge in [0.25, 0.3) is 0 Å². The summed E-state index contributed by atoms with van der Waals surface area (Å²) in [5, 5.41) is 0. The Labute approximate surface area is 47.5 Å². The minimum absolute atomic E-state index is 0. The molecule has 0 saturated carbocycles. The molecule has 0 aliphatic heterocycles. The maximum atomic E-state index is 8.17. The Morgan fingerprint density at radius 2 is 1.25 bits per heavy atom. The predicted molar refractivity (Wildman–Crippen MR) is 27.5 cm³/mol. The van der Waals surface area contributed by atoms with Crippen LogP contribution in [-0.4, -0.2) is 33.6 Å². The zero-order chi connectivity index (χ0) is 2.00.